The van der Waals surface area contributed by atoms with Gasteiger partial charge in [-0.15, -0.1) is 10.2 Å². The molecule has 0 spiro atoms. The van der Waals surface area contributed by atoms with Crippen molar-refractivity contribution in [1.82, 2.24) is 20.1 Å². The van der Waals surface area contributed by atoms with Gasteiger partial charge >= 0.3 is 6.18 Å². The average Bonchev–Trinajstić information content (AvgIpc) is 3.00. The second kappa shape index (κ2) is 7.47. The topological polar surface area (TPSA) is 95.3 Å². The van der Waals surface area contributed by atoms with E-state index in [4.69, 9.17) is 9.47 Å². The molecule has 8 nitrogen and oxygen atoms in total. The number of para-hydroxylation sites is 2. The highest BCUT2D eigenvalue weighted by Crippen LogP contribution is 2.31. The fourth-order valence-corrected chi connectivity index (χ4v) is 2.93. The first-order chi connectivity index (χ1) is 12.8. The number of halogens is 3. The summed E-state index contributed by atoms with van der Waals surface area (Å²) in [5.74, 6) is -2.03. The molecule has 27 heavy (non-hydrogen) atoms. The Morgan fingerprint density at radius 1 is 1.30 bits per heavy atom. The summed E-state index contributed by atoms with van der Waals surface area (Å²) in [5, 5.41) is 8.47. The van der Waals surface area contributed by atoms with Gasteiger partial charge in [0.1, 0.15) is 6.61 Å². The monoisotopic (exact) mass is 402 g/mol. The fraction of sp³-hybridized carbons (Fsp3) is 0.333. The number of nitrogens with zero attached hydrogens (tertiary/aromatic N) is 3. The van der Waals surface area contributed by atoms with Gasteiger partial charge in [-0.1, -0.05) is 23.9 Å². The molecule has 2 heterocycles. The zero-order valence-corrected chi connectivity index (χ0v) is 14.6. The highest BCUT2D eigenvalue weighted by Gasteiger charge is 2.37. The van der Waals surface area contributed by atoms with Gasteiger partial charge in [0.25, 0.3) is 5.91 Å². The minimum absolute atomic E-state index is 0.0680. The number of hydrogen-bond acceptors (Lipinski definition) is 7. The third-order valence-electron chi connectivity index (χ3n) is 3.48. The van der Waals surface area contributed by atoms with Crippen LogP contribution in [0.1, 0.15) is 5.82 Å². The van der Waals surface area contributed by atoms with Crippen molar-refractivity contribution >= 4 is 23.6 Å². The molecule has 1 atom stereocenters. The van der Waals surface area contributed by atoms with E-state index in [0.29, 0.717) is 11.5 Å². The van der Waals surface area contributed by atoms with Crippen LogP contribution in [0.25, 0.3) is 0 Å². The summed E-state index contributed by atoms with van der Waals surface area (Å²) in [6.45, 7) is -0.0680. The van der Waals surface area contributed by atoms with Crippen molar-refractivity contribution in [3.05, 3.63) is 30.1 Å². The number of hydrogen-bond donors (Lipinski definition) is 1. The van der Waals surface area contributed by atoms with E-state index in [1.807, 2.05) is 0 Å². The first kappa shape index (κ1) is 19.0. The average molecular weight is 402 g/mol. The molecule has 0 unspecified atom stereocenters. The van der Waals surface area contributed by atoms with Crippen LogP contribution >= 0.6 is 11.8 Å². The van der Waals surface area contributed by atoms with Crippen LogP contribution in [0.15, 0.2) is 29.4 Å². The zero-order chi connectivity index (χ0) is 19.6. The number of thioether (sulfide) groups is 1. The van der Waals surface area contributed by atoms with Crippen LogP contribution in [0.3, 0.4) is 0 Å². The maximum Gasteiger partial charge on any atom is 0.451 e. The van der Waals surface area contributed by atoms with Crippen LogP contribution in [0.5, 0.6) is 11.5 Å². The third-order valence-corrected chi connectivity index (χ3v) is 4.50. The second-order valence-electron chi connectivity index (χ2n) is 5.43. The molecule has 0 saturated carbocycles. The normalized spacial score (nSPS) is 16.1. The van der Waals surface area contributed by atoms with E-state index in [9.17, 15) is 22.8 Å². The van der Waals surface area contributed by atoms with E-state index in [2.05, 4.69) is 15.5 Å². The Bertz CT molecular complexity index is 871. The molecule has 1 N–H and O–H groups in total. The first-order valence-electron chi connectivity index (χ1n) is 7.57. The molecule has 1 aromatic heterocycles. The largest absolute Gasteiger partial charge is 0.485 e. The molecule has 2 amide bonds. The van der Waals surface area contributed by atoms with Gasteiger partial charge in [-0.3, -0.25) is 14.9 Å². The molecule has 2 aromatic rings. The maximum atomic E-state index is 12.7. The highest BCUT2D eigenvalue weighted by molar-refractivity contribution is 7.99. The summed E-state index contributed by atoms with van der Waals surface area (Å²) < 4.78 is 49.6. The van der Waals surface area contributed by atoms with Crippen LogP contribution in [-0.2, 0) is 22.8 Å². The Hall–Kier alpha value is -2.76. The van der Waals surface area contributed by atoms with Crippen molar-refractivity contribution < 1.29 is 32.2 Å². The van der Waals surface area contributed by atoms with Crippen LogP contribution in [0.4, 0.5) is 13.2 Å². The quantitative estimate of drug-likeness (QED) is 0.773. The molecule has 144 valence electrons. The lowest BCUT2D eigenvalue weighted by Crippen LogP contribution is -2.46. The summed E-state index contributed by atoms with van der Waals surface area (Å²) in [6.07, 6.45) is -5.66. The van der Waals surface area contributed by atoms with Gasteiger partial charge in [-0.25, -0.2) is 0 Å². The smallest absolute Gasteiger partial charge is 0.451 e. The molecule has 0 bridgehead atoms. The summed E-state index contributed by atoms with van der Waals surface area (Å²) in [5.41, 5.74) is 0. The van der Waals surface area contributed by atoms with Crippen LogP contribution < -0.4 is 14.8 Å². The molecule has 0 aliphatic carbocycles. The van der Waals surface area contributed by atoms with Crippen LogP contribution in [0.2, 0.25) is 0 Å². The first-order valence-corrected chi connectivity index (χ1v) is 8.56. The van der Waals surface area contributed by atoms with E-state index < -0.39 is 29.9 Å². The molecule has 3 rings (SSSR count). The third kappa shape index (κ3) is 4.32. The number of carbonyl (C=O) groups excluding carboxylic acids is 2. The summed E-state index contributed by atoms with van der Waals surface area (Å²) in [6, 6.07) is 6.76. The van der Waals surface area contributed by atoms with Crippen molar-refractivity contribution in [2.75, 3.05) is 12.4 Å². The van der Waals surface area contributed by atoms with Gasteiger partial charge in [0, 0.05) is 7.05 Å². The lowest BCUT2D eigenvalue weighted by molar-refractivity contribution is -0.147. The Kier molecular flexibility index (Phi) is 5.26. The standard InChI is InChI=1S/C15H13F3N4O4S/c1-22-13(15(16,17)18)20-21-14(22)27-7-11(23)19-12(24)10-6-25-8-4-2-3-5-9(8)26-10/h2-5,10H,6-7H2,1H3,(H,19,23,24)/t10-/m0/s1. The van der Waals surface area contributed by atoms with Gasteiger partial charge in [0.05, 0.1) is 5.75 Å². The lowest BCUT2D eigenvalue weighted by Gasteiger charge is -2.25. The van der Waals surface area contributed by atoms with Crippen LogP contribution in [-0.4, -0.2) is 45.0 Å². The second-order valence-corrected chi connectivity index (χ2v) is 6.37. The fourth-order valence-electron chi connectivity index (χ4n) is 2.22. The van der Waals surface area contributed by atoms with E-state index >= 15 is 0 Å². The number of amides is 2. The van der Waals surface area contributed by atoms with Gasteiger partial charge in [0.2, 0.25) is 17.8 Å². The number of fused-ring (bicyclic) bond motifs is 1. The number of carbonyl (C=O) groups is 2. The predicted molar refractivity (Wildman–Crippen MR) is 86.2 cm³/mol. The van der Waals surface area contributed by atoms with E-state index in [0.717, 1.165) is 23.4 Å². The van der Waals surface area contributed by atoms with E-state index in [1.165, 1.54) is 0 Å². The SMILES string of the molecule is Cn1c(SCC(=O)NC(=O)[C@@H]2COc3ccccc3O2)nnc1C(F)(F)F. The number of alkyl halides is 3. The Balaban J connectivity index is 1.53. The molecular weight excluding hydrogens is 389 g/mol. The summed E-state index contributed by atoms with van der Waals surface area (Å²) in [7, 11) is 1.14. The maximum absolute atomic E-state index is 12.7. The highest BCUT2D eigenvalue weighted by atomic mass is 32.2. The molecule has 1 aliphatic heterocycles. The summed E-state index contributed by atoms with van der Waals surface area (Å²) >= 11 is 0.722. The number of aromatic nitrogens is 3. The number of benzene rings is 1. The number of nitrogens with one attached hydrogen (secondary N) is 1. The molecule has 0 fully saturated rings. The minimum atomic E-state index is -4.65. The molecule has 1 aromatic carbocycles. The summed E-state index contributed by atoms with van der Waals surface area (Å²) in [4.78, 5) is 24.0. The van der Waals surface area contributed by atoms with E-state index in [-0.39, 0.29) is 17.5 Å². The molecule has 0 saturated heterocycles. The molecule has 12 heteroatoms. The molecule has 1 aliphatic rings. The molecule has 0 radical (unpaired) electrons. The number of imide groups is 1. The van der Waals surface area contributed by atoms with Gasteiger partial charge in [0.15, 0.2) is 16.7 Å². The van der Waals surface area contributed by atoms with Crippen LogP contribution in [0, 0.1) is 0 Å². The van der Waals surface area contributed by atoms with Crippen molar-refractivity contribution in [3.63, 3.8) is 0 Å². The van der Waals surface area contributed by atoms with Gasteiger partial charge in [-0.2, -0.15) is 13.2 Å². The number of rotatable bonds is 4. The number of ether oxygens (including phenoxy) is 2. The Morgan fingerprint density at radius 3 is 2.67 bits per heavy atom. The zero-order valence-electron chi connectivity index (χ0n) is 13.8. The van der Waals surface area contributed by atoms with E-state index in [1.54, 1.807) is 24.3 Å². The van der Waals surface area contributed by atoms with Crippen molar-refractivity contribution in [1.29, 1.82) is 0 Å². The Labute approximate surface area is 155 Å². The van der Waals surface area contributed by atoms with Crippen molar-refractivity contribution in [2.45, 2.75) is 17.4 Å². The lowest BCUT2D eigenvalue weighted by atomic mass is 10.2. The van der Waals surface area contributed by atoms with Crippen molar-refractivity contribution in [2.24, 2.45) is 7.05 Å². The minimum Gasteiger partial charge on any atom is -0.485 e. The van der Waals surface area contributed by atoms with Gasteiger partial charge in [-0.05, 0) is 12.1 Å². The Morgan fingerprint density at radius 2 is 2.00 bits per heavy atom. The van der Waals surface area contributed by atoms with Gasteiger partial charge < -0.3 is 14.0 Å². The predicted octanol–water partition coefficient (Wildman–Crippen LogP) is 1.41. The molecular formula is C15H13F3N4O4S. The van der Waals surface area contributed by atoms with Crippen molar-refractivity contribution in [3.8, 4) is 11.5 Å².